The number of nitrogens with zero attached hydrogens (tertiary/aromatic N) is 2. The van der Waals surface area contributed by atoms with E-state index in [9.17, 15) is 4.79 Å². The Hall–Kier alpha value is -5.99. The highest BCUT2D eigenvalue weighted by Gasteiger charge is 2.24. The zero-order valence-electron chi connectivity index (χ0n) is 30.6. The molecule has 0 atom stereocenters. The van der Waals surface area contributed by atoms with Crippen molar-refractivity contribution in [2.75, 3.05) is 36.8 Å². The lowest BCUT2D eigenvalue weighted by Gasteiger charge is -2.19. The number of pyridine rings is 2. The van der Waals surface area contributed by atoms with Gasteiger partial charge in [-0.15, -0.1) is 0 Å². The molecular weight excluding hydrogens is 657 g/mol. The van der Waals surface area contributed by atoms with E-state index in [-0.39, 0.29) is 0 Å². The molecule has 53 heavy (non-hydrogen) atoms. The van der Waals surface area contributed by atoms with Gasteiger partial charge in [0, 0.05) is 73.9 Å². The number of hydrogen-bond acceptors (Lipinski definition) is 7. The Morgan fingerprint density at radius 3 is 1.66 bits per heavy atom. The molecule has 8 heteroatoms. The fourth-order valence-electron chi connectivity index (χ4n) is 7.05. The number of anilines is 2. The van der Waals surface area contributed by atoms with Gasteiger partial charge in [-0.05, 0) is 102 Å². The minimum absolute atomic E-state index is 0.399. The summed E-state index contributed by atoms with van der Waals surface area (Å²) in [5.41, 5.74) is 22.1. The van der Waals surface area contributed by atoms with Crippen molar-refractivity contribution in [3.05, 3.63) is 144 Å². The van der Waals surface area contributed by atoms with Gasteiger partial charge in [-0.2, -0.15) is 0 Å². The number of ether oxygens (including phenoxy) is 1. The van der Waals surface area contributed by atoms with E-state index in [0.29, 0.717) is 19.6 Å². The zero-order valence-corrected chi connectivity index (χ0v) is 30.6. The minimum Gasteiger partial charge on any atom is -0.444 e. The van der Waals surface area contributed by atoms with Crippen molar-refractivity contribution in [2.24, 2.45) is 5.73 Å². The number of fused-ring (bicyclic) bond motifs is 6. The second-order valence-electron chi connectivity index (χ2n) is 14.3. The van der Waals surface area contributed by atoms with Crippen LogP contribution in [-0.2, 0) is 17.6 Å². The number of alkyl carbamates (subject to hydrolysis) is 1. The van der Waals surface area contributed by atoms with Crippen LogP contribution < -0.4 is 21.7 Å². The summed E-state index contributed by atoms with van der Waals surface area (Å²) in [5.74, 6) is 0. The first-order valence-electron chi connectivity index (χ1n) is 18.3. The third-order valence-electron chi connectivity index (χ3n) is 9.29. The van der Waals surface area contributed by atoms with Crippen molar-refractivity contribution in [1.29, 1.82) is 0 Å². The Morgan fingerprint density at radius 2 is 1.15 bits per heavy atom. The standard InChI is InChI=1S/C25H27N3O2.C20H19N3/c1-25(2,3)30-24(29)28-14-13-26-19-9-6-8-17(15-19)21-11-12-27-22-16-18-7-4-5-10-20(18)23(21)22;21-9-11-22-16-6-3-5-14(12-16)18-8-10-23-19-13-15-4-1-2-7-17(15)20(18)19/h4-12,15,26H,13-14,16H2,1-3H3,(H,28,29);1-8,10,12,22H,9,11,13,21H2. The van der Waals surface area contributed by atoms with Gasteiger partial charge in [0.05, 0.1) is 11.4 Å². The van der Waals surface area contributed by atoms with E-state index in [2.05, 4.69) is 123 Å². The van der Waals surface area contributed by atoms with Crippen LogP contribution in [0.15, 0.2) is 122 Å². The van der Waals surface area contributed by atoms with Gasteiger partial charge in [0.2, 0.25) is 0 Å². The summed E-state index contributed by atoms with van der Waals surface area (Å²) < 4.78 is 5.25. The Morgan fingerprint density at radius 1 is 0.642 bits per heavy atom. The van der Waals surface area contributed by atoms with Crippen LogP contribution in [0.4, 0.5) is 16.2 Å². The maximum absolute atomic E-state index is 11.8. The molecule has 5 N–H and O–H groups in total. The van der Waals surface area contributed by atoms with Crippen molar-refractivity contribution in [2.45, 2.75) is 39.2 Å². The summed E-state index contributed by atoms with van der Waals surface area (Å²) >= 11 is 0. The summed E-state index contributed by atoms with van der Waals surface area (Å²) in [4.78, 5) is 21.0. The quantitative estimate of drug-likeness (QED) is 0.111. The van der Waals surface area contributed by atoms with Crippen molar-refractivity contribution in [1.82, 2.24) is 15.3 Å². The number of carbonyl (C=O) groups excluding carboxylic acids is 1. The van der Waals surface area contributed by atoms with Crippen molar-refractivity contribution in [3.8, 4) is 44.5 Å². The number of hydrogen-bond donors (Lipinski definition) is 4. The van der Waals surface area contributed by atoms with Gasteiger partial charge in [-0.3, -0.25) is 9.97 Å². The summed E-state index contributed by atoms with van der Waals surface area (Å²) in [5, 5.41) is 9.49. The molecule has 0 bridgehead atoms. The Kier molecular flexibility index (Phi) is 10.5. The first kappa shape index (κ1) is 35.4. The van der Waals surface area contributed by atoms with Crippen molar-refractivity contribution in [3.63, 3.8) is 0 Å². The maximum atomic E-state index is 11.8. The fraction of sp³-hybridized carbons (Fsp3) is 0.222. The van der Waals surface area contributed by atoms with Crippen molar-refractivity contribution >= 4 is 17.5 Å². The van der Waals surface area contributed by atoms with Gasteiger partial charge >= 0.3 is 6.09 Å². The maximum Gasteiger partial charge on any atom is 0.407 e. The smallest absolute Gasteiger partial charge is 0.407 e. The number of rotatable bonds is 9. The average molecular weight is 703 g/mol. The second kappa shape index (κ2) is 15.7. The third kappa shape index (κ3) is 8.24. The molecule has 8 rings (SSSR count). The lowest BCUT2D eigenvalue weighted by molar-refractivity contribution is 0.0530. The summed E-state index contributed by atoms with van der Waals surface area (Å²) in [7, 11) is 0. The Balaban J connectivity index is 0.000000170. The van der Waals surface area contributed by atoms with Gasteiger partial charge in [0.25, 0.3) is 0 Å². The Labute approximate surface area is 311 Å². The normalized spacial score (nSPS) is 12.0. The highest BCUT2D eigenvalue weighted by molar-refractivity contribution is 5.91. The number of benzene rings is 4. The molecule has 2 aliphatic rings. The first-order valence-corrected chi connectivity index (χ1v) is 18.3. The molecule has 2 aliphatic carbocycles. The lowest BCUT2D eigenvalue weighted by Crippen LogP contribution is -2.34. The van der Waals surface area contributed by atoms with E-state index in [1.807, 2.05) is 45.3 Å². The number of aromatic nitrogens is 2. The van der Waals surface area contributed by atoms with E-state index in [1.165, 1.54) is 55.8 Å². The van der Waals surface area contributed by atoms with E-state index >= 15 is 0 Å². The van der Waals surface area contributed by atoms with E-state index in [0.717, 1.165) is 42.0 Å². The van der Waals surface area contributed by atoms with Gasteiger partial charge < -0.3 is 26.4 Å². The van der Waals surface area contributed by atoms with Gasteiger partial charge in [0.1, 0.15) is 5.60 Å². The van der Waals surface area contributed by atoms with Gasteiger partial charge in [-0.25, -0.2) is 4.79 Å². The first-order chi connectivity index (χ1) is 25.8. The SMILES string of the molecule is CC(C)(C)OC(=O)NCCNc1cccc(-c2ccnc3c2-c2ccccc2C3)c1.NCCNc1cccc(-c2ccnc3c2-c2ccccc2C3)c1. The molecular formula is C45H46N6O2. The highest BCUT2D eigenvalue weighted by atomic mass is 16.6. The predicted molar refractivity (Wildman–Crippen MR) is 216 cm³/mol. The molecule has 4 aromatic carbocycles. The van der Waals surface area contributed by atoms with Crippen LogP contribution in [0.3, 0.4) is 0 Å². The topological polar surface area (TPSA) is 114 Å². The highest BCUT2D eigenvalue weighted by Crippen LogP contribution is 2.43. The third-order valence-corrected chi connectivity index (χ3v) is 9.29. The molecule has 0 spiro atoms. The molecule has 1 amide bonds. The summed E-state index contributed by atoms with van der Waals surface area (Å²) in [6.07, 6.45) is 5.22. The lowest BCUT2D eigenvalue weighted by atomic mass is 9.96. The fourth-order valence-corrected chi connectivity index (χ4v) is 7.05. The van der Waals surface area contributed by atoms with E-state index in [1.54, 1.807) is 0 Å². The minimum atomic E-state index is -0.491. The molecule has 0 unspecified atom stereocenters. The molecule has 0 aliphatic heterocycles. The zero-order chi connectivity index (χ0) is 36.8. The number of carbonyl (C=O) groups is 1. The van der Waals surface area contributed by atoms with Crippen LogP contribution >= 0.6 is 0 Å². The molecule has 0 fully saturated rings. The Bertz CT molecular complexity index is 2240. The summed E-state index contributed by atoms with van der Waals surface area (Å²) in [6.45, 7) is 8.06. The predicted octanol–water partition coefficient (Wildman–Crippen LogP) is 8.95. The van der Waals surface area contributed by atoms with Gasteiger partial charge in [0.15, 0.2) is 0 Å². The van der Waals surface area contributed by atoms with Crippen molar-refractivity contribution < 1.29 is 9.53 Å². The monoisotopic (exact) mass is 702 g/mol. The van der Waals surface area contributed by atoms with Gasteiger partial charge in [-0.1, -0.05) is 72.8 Å². The van der Waals surface area contributed by atoms with Crippen LogP contribution in [0.1, 0.15) is 43.3 Å². The molecule has 2 heterocycles. The number of nitrogens with one attached hydrogen (secondary N) is 3. The molecule has 2 aromatic heterocycles. The summed E-state index contributed by atoms with van der Waals surface area (Å²) in [6, 6.07) is 38.2. The van der Waals surface area contributed by atoms with E-state index in [4.69, 9.17) is 10.5 Å². The van der Waals surface area contributed by atoms with Crippen LogP contribution in [0.2, 0.25) is 0 Å². The molecule has 8 nitrogen and oxygen atoms in total. The molecule has 0 saturated carbocycles. The molecule has 6 aromatic rings. The second-order valence-corrected chi connectivity index (χ2v) is 14.3. The van der Waals surface area contributed by atoms with Crippen LogP contribution in [0.5, 0.6) is 0 Å². The van der Waals surface area contributed by atoms with Crippen LogP contribution in [-0.4, -0.2) is 47.8 Å². The largest absolute Gasteiger partial charge is 0.444 e. The molecule has 0 saturated heterocycles. The van der Waals surface area contributed by atoms with Crippen LogP contribution in [0, 0.1) is 0 Å². The molecule has 0 radical (unpaired) electrons. The average Bonchev–Trinajstić information content (AvgIpc) is 3.74. The van der Waals surface area contributed by atoms with Crippen LogP contribution in [0.25, 0.3) is 44.5 Å². The number of amides is 1. The number of nitrogens with two attached hydrogens (primary N) is 1. The van der Waals surface area contributed by atoms with E-state index < -0.39 is 11.7 Å². The molecule has 268 valence electrons.